The van der Waals surface area contributed by atoms with Gasteiger partial charge in [0.15, 0.2) is 0 Å². The molecule has 0 bridgehead atoms. The number of carbonyl (C=O) groups excluding carboxylic acids is 2. The molecule has 80 valence electrons. The highest BCUT2D eigenvalue weighted by Gasteiger charge is 2.30. The summed E-state index contributed by atoms with van der Waals surface area (Å²) in [7, 11) is 0. The average Bonchev–Trinajstić information content (AvgIpc) is 2.73. The standard InChI is InChI=1S/C11H12O4/c1-7(12)15-10-4-2-3-8(10)9-5-6-14-11(9)13/h3,5,10H,2,4,6H2,1H3/t10-/m0/s1. The second kappa shape index (κ2) is 3.88. The number of carbonyl (C=O) groups is 2. The molecule has 0 fully saturated rings. The van der Waals surface area contributed by atoms with Gasteiger partial charge in [0.1, 0.15) is 12.7 Å². The number of allylic oxidation sites excluding steroid dienone is 1. The van der Waals surface area contributed by atoms with E-state index in [4.69, 9.17) is 9.47 Å². The molecule has 0 saturated heterocycles. The Bertz CT molecular complexity index is 365. The van der Waals surface area contributed by atoms with Crippen LogP contribution in [0.25, 0.3) is 0 Å². The second-order valence-electron chi connectivity index (χ2n) is 3.55. The first-order chi connectivity index (χ1) is 7.18. The number of cyclic esters (lactones) is 1. The molecule has 1 heterocycles. The molecule has 4 nitrogen and oxygen atoms in total. The zero-order valence-electron chi connectivity index (χ0n) is 8.49. The molecule has 2 aliphatic rings. The van der Waals surface area contributed by atoms with E-state index in [1.807, 2.05) is 6.08 Å². The summed E-state index contributed by atoms with van der Waals surface area (Å²) in [6, 6.07) is 0. The van der Waals surface area contributed by atoms with Gasteiger partial charge in [-0.15, -0.1) is 0 Å². The average molecular weight is 208 g/mol. The van der Waals surface area contributed by atoms with Gasteiger partial charge in [-0.05, 0) is 18.9 Å². The van der Waals surface area contributed by atoms with Crippen molar-refractivity contribution in [2.75, 3.05) is 6.61 Å². The first-order valence-corrected chi connectivity index (χ1v) is 4.93. The Morgan fingerprint density at radius 2 is 2.33 bits per heavy atom. The maximum atomic E-state index is 11.3. The van der Waals surface area contributed by atoms with Gasteiger partial charge in [0, 0.05) is 12.5 Å². The molecule has 4 heteroatoms. The van der Waals surface area contributed by atoms with Crippen LogP contribution < -0.4 is 0 Å². The Kier molecular flexibility index (Phi) is 2.58. The van der Waals surface area contributed by atoms with Crippen molar-refractivity contribution in [1.29, 1.82) is 0 Å². The SMILES string of the molecule is CC(=O)O[C@H]1CCC=C1C1=CCOC1=O. The minimum atomic E-state index is -0.320. The van der Waals surface area contributed by atoms with Crippen LogP contribution in [0.5, 0.6) is 0 Å². The molecule has 15 heavy (non-hydrogen) atoms. The monoisotopic (exact) mass is 208 g/mol. The molecule has 1 aliphatic carbocycles. The lowest BCUT2D eigenvalue weighted by Gasteiger charge is -2.14. The highest BCUT2D eigenvalue weighted by atomic mass is 16.5. The summed E-state index contributed by atoms with van der Waals surface area (Å²) in [4.78, 5) is 22.2. The van der Waals surface area contributed by atoms with Crippen molar-refractivity contribution >= 4 is 11.9 Å². The first kappa shape index (κ1) is 9.96. The van der Waals surface area contributed by atoms with E-state index in [2.05, 4.69) is 0 Å². The van der Waals surface area contributed by atoms with Crippen LogP contribution in [0, 0.1) is 0 Å². The summed E-state index contributed by atoms with van der Waals surface area (Å²) >= 11 is 0. The van der Waals surface area contributed by atoms with Crippen molar-refractivity contribution in [3.63, 3.8) is 0 Å². The van der Waals surface area contributed by atoms with Crippen LogP contribution in [0.1, 0.15) is 19.8 Å². The highest BCUT2D eigenvalue weighted by molar-refractivity contribution is 5.95. The zero-order valence-corrected chi connectivity index (χ0v) is 8.49. The van der Waals surface area contributed by atoms with Gasteiger partial charge in [-0.3, -0.25) is 4.79 Å². The van der Waals surface area contributed by atoms with Gasteiger partial charge < -0.3 is 9.47 Å². The van der Waals surface area contributed by atoms with E-state index in [1.54, 1.807) is 6.08 Å². The van der Waals surface area contributed by atoms with E-state index >= 15 is 0 Å². The minimum Gasteiger partial charge on any atom is -0.458 e. The third-order valence-corrected chi connectivity index (χ3v) is 2.48. The molecule has 2 rings (SSSR count). The predicted octanol–water partition coefficient (Wildman–Crippen LogP) is 1.12. The highest BCUT2D eigenvalue weighted by Crippen LogP contribution is 2.30. The van der Waals surface area contributed by atoms with Gasteiger partial charge in [0.2, 0.25) is 0 Å². The first-order valence-electron chi connectivity index (χ1n) is 4.93. The fourth-order valence-electron chi connectivity index (χ4n) is 1.88. The van der Waals surface area contributed by atoms with Gasteiger partial charge in [0.05, 0.1) is 5.57 Å². The van der Waals surface area contributed by atoms with Crippen LogP contribution >= 0.6 is 0 Å². The van der Waals surface area contributed by atoms with Gasteiger partial charge >= 0.3 is 11.9 Å². The van der Waals surface area contributed by atoms with Gasteiger partial charge in [-0.2, -0.15) is 0 Å². The summed E-state index contributed by atoms with van der Waals surface area (Å²) in [6.45, 7) is 1.69. The van der Waals surface area contributed by atoms with E-state index < -0.39 is 0 Å². The van der Waals surface area contributed by atoms with Crippen LogP contribution in [-0.4, -0.2) is 24.6 Å². The molecule has 1 aliphatic heterocycles. The molecular weight excluding hydrogens is 196 g/mol. The quantitative estimate of drug-likeness (QED) is 0.638. The van der Waals surface area contributed by atoms with Gasteiger partial charge in [-0.1, -0.05) is 6.08 Å². The third kappa shape index (κ3) is 1.93. The molecule has 0 aromatic rings. The maximum absolute atomic E-state index is 11.3. The number of hydrogen-bond acceptors (Lipinski definition) is 4. The van der Waals surface area contributed by atoms with Crippen LogP contribution in [0.3, 0.4) is 0 Å². The van der Waals surface area contributed by atoms with E-state index in [9.17, 15) is 9.59 Å². The van der Waals surface area contributed by atoms with E-state index in [0.717, 1.165) is 18.4 Å². The molecule has 0 aromatic heterocycles. The van der Waals surface area contributed by atoms with Crippen LogP contribution in [0.2, 0.25) is 0 Å². The third-order valence-electron chi connectivity index (χ3n) is 2.48. The number of rotatable bonds is 2. The van der Waals surface area contributed by atoms with Crippen molar-refractivity contribution in [2.45, 2.75) is 25.9 Å². The molecule has 0 aromatic carbocycles. The largest absolute Gasteiger partial charge is 0.458 e. The van der Waals surface area contributed by atoms with Crippen molar-refractivity contribution < 1.29 is 19.1 Å². The summed E-state index contributed by atoms with van der Waals surface area (Å²) in [5.41, 5.74) is 1.35. The minimum absolute atomic E-state index is 0.278. The van der Waals surface area contributed by atoms with Crippen LogP contribution in [0.15, 0.2) is 23.3 Å². The summed E-state index contributed by atoms with van der Waals surface area (Å²) in [5.74, 6) is -0.639. The van der Waals surface area contributed by atoms with E-state index in [0.29, 0.717) is 12.2 Å². The molecule has 0 N–H and O–H groups in total. The van der Waals surface area contributed by atoms with Crippen molar-refractivity contribution in [3.8, 4) is 0 Å². The fraction of sp³-hybridized carbons (Fsp3) is 0.455. The van der Waals surface area contributed by atoms with Crippen LogP contribution in [-0.2, 0) is 19.1 Å². The Hall–Kier alpha value is -1.58. The Balaban J connectivity index is 2.14. The topological polar surface area (TPSA) is 52.6 Å². The predicted molar refractivity (Wildman–Crippen MR) is 51.9 cm³/mol. The fourth-order valence-corrected chi connectivity index (χ4v) is 1.88. The molecule has 1 atom stereocenters. The van der Waals surface area contributed by atoms with Gasteiger partial charge in [-0.25, -0.2) is 4.79 Å². The summed E-state index contributed by atoms with van der Waals surface area (Å²) < 4.78 is 9.95. The van der Waals surface area contributed by atoms with Crippen molar-refractivity contribution in [3.05, 3.63) is 23.3 Å². The number of ether oxygens (including phenoxy) is 2. The maximum Gasteiger partial charge on any atom is 0.338 e. The zero-order chi connectivity index (χ0) is 10.8. The summed E-state index contributed by atoms with van der Waals surface area (Å²) in [5, 5.41) is 0. The normalized spacial score (nSPS) is 24.6. The van der Waals surface area contributed by atoms with Crippen molar-refractivity contribution in [1.82, 2.24) is 0 Å². The molecule has 0 unspecified atom stereocenters. The van der Waals surface area contributed by atoms with Crippen LogP contribution in [0.4, 0.5) is 0 Å². The number of hydrogen-bond donors (Lipinski definition) is 0. The lowest BCUT2D eigenvalue weighted by molar-refractivity contribution is -0.145. The molecule has 0 radical (unpaired) electrons. The van der Waals surface area contributed by atoms with E-state index in [1.165, 1.54) is 6.92 Å². The Morgan fingerprint density at radius 3 is 2.93 bits per heavy atom. The molecule has 0 saturated carbocycles. The molecular formula is C11H12O4. The molecule has 0 amide bonds. The summed E-state index contributed by atoms with van der Waals surface area (Å²) in [6.07, 6.45) is 4.97. The van der Waals surface area contributed by atoms with Gasteiger partial charge in [0.25, 0.3) is 0 Å². The lowest BCUT2D eigenvalue weighted by Crippen LogP contribution is -2.18. The number of esters is 2. The second-order valence-corrected chi connectivity index (χ2v) is 3.55. The van der Waals surface area contributed by atoms with Crippen molar-refractivity contribution in [2.24, 2.45) is 0 Å². The van der Waals surface area contributed by atoms with E-state index in [-0.39, 0.29) is 18.0 Å². The molecule has 0 spiro atoms. The smallest absolute Gasteiger partial charge is 0.338 e. The Labute approximate surface area is 87.5 Å². The Morgan fingerprint density at radius 1 is 1.53 bits per heavy atom. The lowest BCUT2D eigenvalue weighted by atomic mass is 10.0.